The number of nitrogens with zero attached hydrogens (tertiary/aromatic N) is 3. The number of anilines is 1. The number of aromatic nitrogens is 3. The minimum Gasteiger partial charge on any atom is -0.492 e. The molecule has 0 saturated carbocycles. The number of rotatable bonds is 5. The van der Waals surface area contributed by atoms with Crippen molar-refractivity contribution in [3.05, 3.63) is 29.8 Å². The van der Waals surface area contributed by atoms with Crippen molar-refractivity contribution < 1.29 is 4.74 Å². The first-order valence-electron chi connectivity index (χ1n) is 6.86. The lowest BCUT2D eigenvalue weighted by Gasteiger charge is -2.11. The maximum atomic E-state index is 5.98. The van der Waals surface area contributed by atoms with Crippen molar-refractivity contribution in [2.24, 2.45) is 0 Å². The molecule has 0 bridgehead atoms. The van der Waals surface area contributed by atoms with Gasteiger partial charge in [0.2, 0.25) is 0 Å². The van der Waals surface area contributed by atoms with Gasteiger partial charge < -0.3 is 10.5 Å². The van der Waals surface area contributed by atoms with E-state index in [9.17, 15) is 0 Å². The molecule has 0 aliphatic heterocycles. The standard InChI is InChI=1S/C15H20N4O/c1-4-6-13-18-14(10(3)15(16)19-13)11-7-12(20-5-2)9-17-8-11/h7-9H,4-6H2,1-3H3,(H2,16,18,19). The Morgan fingerprint density at radius 2 is 2.00 bits per heavy atom. The van der Waals surface area contributed by atoms with Crippen LogP contribution >= 0.6 is 0 Å². The molecule has 2 heterocycles. The minimum atomic E-state index is 0.528. The van der Waals surface area contributed by atoms with E-state index < -0.39 is 0 Å². The van der Waals surface area contributed by atoms with Crippen LogP contribution in [0.2, 0.25) is 0 Å². The van der Waals surface area contributed by atoms with E-state index in [0.29, 0.717) is 12.4 Å². The van der Waals surface area contributed by atoms with Crippen molar-refractivity contribution in [2.75, 3.05) is 12.3 Å². The van der Waals surface area contributed by atoms with Crippen LogP contribution in [-0.2, 0) is 6.42 Å². The van der Waals surface area contributed by atoms with Crippen LogP contribution in [0.15, 0.2) is 18.5 Å². The summed E-state index contributed by atoms with van der Waals surface area (Å²) in [6.07, 6.45) is 5.27. The molecular weight excluding hydrogens is 252 g/mol. The number of ether oxygens (including phenoxy) is 1. The highest BCUT2D eigenvalue weighted by Gasteiger charge is 2.11. The summed E-state index contributed by atoms with van der Waals surface area (Å²) in [4.78, 5) is 13.1. The molecule has 0 fully saturated rings. The predicted molar refractivity (Wildman–Crippen MR) is 79.6 cm³/mol. The molecule has 5 nitrogen and oxygen atoms in total. The Morgan fingerprint density at radius 1 is 1.20 bits per heavy atom. The zero-order chi connectivity index (χ0) is 14.5. The van der Waals surface area contributed by atoms with E-state index in [4.69, 9.17) is 10.5 Å². The number of hydrogen-bond acceptors (Lipinski definition) is 5. The van der Waals surface area contributed by atoms with Crippen molar-refractivity contribution in [1.82, 2.24) is 15.0 Å². The van der Waals surface area contributed by atoms with Crippen molar-refractivity contribution in [3.8, 4) is 17.0 Å². The summed E-state index contributed by atoms with van der Waals surface area (Å²) in [6.45, 7) is 6.57. The summed E-state index contributed by atoms with van der Waals surface area (Å²) in [5, 5.41) is 0. The Bertz CT molecular complexity index is 598. The van der Waals surface area contributed by atoms with Crippen LogP contribution < -0.4 is 10.5 Å². The molecule has 0 atom stereocenters. The molecule has 0 aromatic carbocycles. The Kier molecular flexibility index (Phi) is 4.50. The van der Waals surface area contributed by atoms with E-state index in [0.717, 1.165) is 41.2 Å². The Labute approximate surface area is 119 Å². The summed E-state index contributed by atoms with van der Waals surface area (Å²) >= 11 is 0. The molecule has 2 aromatic rings. The molecule has 106 valence electrons. The zero-order valence-corrected chi connectivity index (χ0v) is 12.2. The van der Waals surface area contributed by atoms with Crippen LogP contribution in [0.3, 0.4) is 0 Å². The summed E-state index contributed by atoms with van der Waals surface area (Å²) in [5.41, 5.74) is 8.59. The van der Waals surface area contributed by atoms with Gasteiger partial charge in [-0.15, -0.1) is 0 Å². The van der Waals surface area contributed by atoms with Gasteiger partial charge in [0.25, 0.3) is 0 Å². The summed E-state index contributed by atoms with van der Waals surface area (Å²) in [6, 6.07) is 1.93. The van der Waals surface area contributed by atoms with E-state index in [1.54, 1.807) is 12.4 Å². The van der Waals surface area contributed by atoms with Crippen LogP contribution in [0.4, 0.5) is 5.82 Å². The average Bonchev–Trinajstić information content (AvgIpc) is 2.43. The van der Waals surface area contributed by atoms with E-state index >= 15 is 0 Å². The quantitative estimate of drug-likeness (QED) is 0.906. The number of nitrogens with two attached hydrogens (primary N) is 1. The molecule has 2 aromatic heterocycles. The van der Waals surface area contributed by atoms with E-state index in [-0.39, 0.29) is 0 Å². The van der Waals surface area contributed by atoms with Gasteiger partial charge in [0, 0.05) is 23.7 Å². The normalized spacial score (nSPS) is 10.6. The molecule has 0 radical (unpaired) electrons. The predicted octanol–water partition coefficient (Wildman–Crippen LogP) is 2.78. The SMILES string of the molecule is CCCc1nc(N)c(C)c(-c2cncc(OCC)c2)n1. The largest absolute Gasteiger partial charge is 0.492 e. The maximum Gasteiger partial charge on any atom is 0.138 e. The second-order valence-corrected chi connectivity index (χ2v) is 4.59. The van der Waals surface area contributed by atoms with Gasteiger partial charge in [-0.25, -0.2) is 9.97 Å². The molecule has 0 unspecified atom stereocenters. The number of pyridine rings is 1. The number of nitrogen functional groups attached to an aromatic ring is 1. The van der Waals surface area contributed by atoms with Gasteiger partial charge in [-0.2, -0.15) is 0 Å². The van der Waals surface area contributed by atoms with Gasteiger partial charge in [-0.3, -0.25) is 4.98 Å². The molecular formula is C15H20N4O. The maximum absolute atomic E-state index is 5.98. The molecule has 20 heavy (non-hydrogen) atoms. The molecule has 0 amide bonds. The van der Waals surface area contributed by atoms with Crippen LogP contribution in [0.25, 0.3) is 11.3 Å². The Hall–Kier alpha value is -2.17. The molecule has 5 heteroatoms. The monoisotopic (exact) mass is 272 g/mol. The van der Waals surface area contributed by atoms with E-state index in [1.807, 2.05) is 19.9 Å². The fourth-order valence-electron chi connectivity index (χ4n) is 1.99. The smallest absolute Gasteiger partial charge is 0.138 e. The Balaban J connectivity index is 2.47. The van der Waals surface area contributed by atoms with Crippen LogP contribution in [-0.4, -0.2) is 21.6 Å². The lowest BCUT2D eigenvalue weighted by molar-refractivity contribution is 0.339. The van der Waals surface area contributed by atoms with Crippen LogP contribution in [0.1, 0.15) is 31.7 Å². The van der Waals surface area contributed by atoms with Crippen molar-refractivity contribution >= 4 is 5.82 Å². The van der Waals surface area contributed by atoms with Crippen molar-refractivity contribution in [2.45, 2.75) is 33.6 Å². The molecule has 0 saturated heterocycles. The molecule has 0 aliphatic carbocycles. The zero-order valence-electron chi connectivity index (χ0n) is 12.2. The second-order valence-electron chi connectivity index (χ2n) is 4.59. The average molecular weight is 272 g/mol. The van der Waals surface area contributed by atoms with Gasteiger partial charge >= 0.3 is 0 Å². The van der Waals surface area contributed by atoms with Gasteiger partial charge in [0.05, 0.1) is 18.5 Å². The highest BCUT2D eigenvalue weighted by atomic mass is 16.5. The summed E-state index contributed by atoms with van der Waals surface area (Å²) < 4.78 is 5.48. The third-order valence-corrected chi connectivity index (χ3v) is 3.00. The lowest BCUT2D eigenvalue weighted by atomic mass is 10.1. The Morgan fingerprint density at radius 3 is 2.70 bits per heavy atom. The first-order chi connectivity index (χ1) is 9.65. The minimum absolute atomic E-state index is 0.528. The van der Waals surface area contributed by atoms with Gasteiger partial charge in [-0.05, 0) is 26.3 Å². The third-order valence-electron chi connectivity index (χ3n) is 3.00. The van der Waals surface area contributed by atoms with Gasteiger partial charge in [0.15, 0.2) is 0 Å². The number of hydrogen-bond donors (Lipinski definition) is 1. The topological polar surface area (TPSA) is 73.9 Å². The molecule has 2 N–H and O–H groups in total. The van der Waals surface area contributed by atoms with E-state index in [2.05, 4.69) is 21.9 Å². The fraction of sp³-hybridized carbons (Fsp3) is 0.400. The van der Waals surface area contributed by atoms with Crippen LogP contribution in [0.5, 0.6) is 5.75 Å². The van der Waals surface area contributed by atoms with Crippen LogP contribution in [0, 0.1) is 6.92 Å². The summed E-state index contributed by atoms with van der Waals surface area (Å²) in [5.74, 6) is 2.03. The first kappa shape index (κ1) is 14.2. The van der Waals surface area contributed by atoms with Crippen molar-refractivity contribution in [1.29, 1.82) is 0 Å². The third kappa shape index (κ3) is 3.04. The molecule has 2 rings (SSSR count). The number of aryl methyl sites for hydroxylation is 1. The molecule has 0 spiro atoms. The first-order valence-corrected chi connectivity index (χ1v) is 6.86. The molecule has 0 aliphatic rings. The highest BCUT2D eigenvalue weighted by Crippen LogP contribution is 2.26. The summed E-state index contributed by atoms with van der Waals surface area (Å²) in [7, 11) is 0. The van der Waals surface area contributed by atoms with E-state index in [1.165, 1.54) is 0 Å². The second kappa shape index (κ2) is 6.32. The van der Waals surface area contributed by atoms with Gasteiger partial charge in [0.1, 0.15) is 17.4 Å². The lowest BCUT2D eigenvalue weighted by Crippen LogP contribution is -2.05. The van der Waals surface area contributed by atoms with Crippen molar-refractivity contribution in [3.63, 3.8) is 0 Å². The van der Waals surface area contributed by atoms with Gasteiger partial charge in [-0.1, -0.05) is 6.92 Å². The highest BCUT2D eigenvalue weighted by molar-refractivity contribution is 5.67. The fourth-order valence-corrected chi connectivity index (χ4v) is 1.99.